The summed E-state index contributed by atoms with van der Waals surface area (Å²) in [6.07, 6.45) is 12.3. The summed E-state index contributed by atoms with van der Waals surface area (Å²) in [6.45, 7) is 9.54. The Hall–Kier alpha value is -3.39. The second-order valence-corrected chi connectivity index (χ2v) is 12.8. The van der Waals surface area contributed by atoms with Crippen molar-refractivity contribution in [2.24, 2.45) is 4.99 Å². The molecule has 0 atom stereocenters. The van der Waals surface area contributed by atoms with E-state index in [0.717, 1.165) is 35.2 Å². The molecule has 0 aliphatic carbocycles. The quantitative estimate of drug-likeness (QED) is 0.128. The van der Waals surface area contributed by atoms with Crippen LogP contribution in [-0.2, 0) is 13.1 Å². The van der Waals surface area contributed by atoms with Gasteiger partial charge in [-0.2, -0.15) is 0 Å². The number of aryl methyl sites for hydroxylation is 2. The van der Waals surface area contributed by atoms with E-state index < -0.39 is 0 Å². The molecule has 2 aliphatic heterocycles. The Morgan fingerprint density at radius 1 is 0.690 bits per heavy atom. The van der Waals surface area contributed by atoms with E-state index in [1.807, 2.05) is 0 Å². The van der Waals surface area contributed by atoms with E-state index in [2.05, 4.69) is 103 Å². The molecule has 0 bridgehead atoms. The highest BCUT2D eigenvalue weighted by Crippen LogP contribution is 2.27. The van der Waals surface area contributed by atoms with Crippen molar-refractivity contribution in [2.75, 3.05) is 44.6 Å². The minimum absolute atomic E-state index is 0.892. The average Bonchev–Trinajstić information content (AvgIpc) is 3.84. The van der Waals surface area contributed by atoms with E-state index in [1.54, 1.807) is 11.3 Å². The normalized spacial score (nSPS) is 16.8. The third-order valence-electron chi connectivity index (χ3n) is 8.93. The number of nitrogens with zero attached hydrogens (tertiary/aromatic N) is 5. The summed E-state index contributed by atoms with van der Waals surface area (Å²) in [6, 6.07) is 22.0. The summed E-state index contributed by atoms with van der Waals surface area (Å²) >= 11 is 1.72. The lowest BCUT2D eigenvalue weighted by atomic mass is 10.2. The molecule has 2 aliphatic rings. The van der Waals surface area contributed by atoms with Gasteiger partial charge >= 0.3 is 0 Å². The van der Waals surface area contributed by atoms with Crippen LogP contribution >= 0.6 is 11.3 Å². The SMILES string of the molecule is c1csc(C(=Nc2ccc3ccn(CCCN4CCCC4)c3c2)Nc2ccc3ccn(CCCN4CCCC4)c3c2)c1. The molecule has 0 amide bonds. The predicted octanol–water partition coefficient (Wildman–Crippen LogP) is 7.82. The number of thiophene rings is 1. The fourth-order valence-corrected chi connectivity index (χ4v) is 7.33. The van der Waals surface area contributed by atoms with E-state index in [1.165, 1.54) is 99.6 Å². The highest BCUT2D eigenvalue weighted by atomic mass is 32.1. The van der Waals surface area contributed by atoms with Crippen LogP contribution in [-0.4, -0.2) is 64.0 Å². The first-order chi connectivity index (χ1) is 20.8. The van der Waals surface area contributed by atoms with Gasteiger partial charge in [0.2, 0.25) is 0 Å². The number of likely N-dealkylation sites (tertiary alicyclic amines) is 2. The Labute approximate surface area is 253 Å². The number of nitrogens with one attached hydrogen (secondary N) is 1. The molecule has 218 valence electrons. The first-order valence-electron chi connectivity index (χ1n) is 15.8. The van der Waals surface area contributed by atoms with Crippen molar-refractivity contribution >= 4 is 50.4 Å². The molecule has 2 saturated heterocycles. The molecular formula is C35H42N6S. The number of aromatic nitrogens is 2. The number of aliphatic imine (C=N–C) groups is 1. The van der Waals surface area contributed by atoms with E-state index in [-0.39, 0.29) is 0 Å². The zero-order chi connectivity index (χ0) is 28.1. The van der Waals surface area contributed by atoms with E-state index >= 15 is 0 Å². The molecule has 0 saturated carbocycles. The summed E-state index contributed by atoms with van der Waals surface area (Å²) in [5.41, 5.74) is 4.58. The third kappa shape index (κ3) is 6.33. The number of hydrogen-bond acceptors (Lipinski definition) is 4. The lowest BCUT2D eigenvalue weighted by Gasteiger charge is -2.15. The lowest BCUT2D eigenvalue weighted by Crippen LogP contribution is -2.21. The smallest absolute Gasteiger partial charge is 0.148 e. The fourth-order valence-electron chi connectivity index (χ4n) is 6.66. The molecule has 7 heteroatoms. The molecule has 2 aromatic carbocycles. The topological polar surface area (TPSA) is 40.7 Å². The molecule has 3 aromatic heterocycles. The average molecular weight is 579 g/mol. The van der Waals surface area contributed by atoms with Crippen molar-refractivity contribution < 1.29 is 0 Å². The highest BCUT2D eigenvalue weighted by Gasteiger charge is 2.13. The first-order valence-corrected chi connectivity index (χ1v) is 16.7. The van der Waals surface area contributed by atoms with Crippen molar-refractivity contribution in [1.82, 2.24) is 18.9 Å². The van der Waals surface area contributed by atoms with Crippen LogP contribution in [0.25, 0.3) is 21.8 Å². The van der Waals surface area contributed by atoms with E-state index in [4.69, 9.17) is 4.99 Å². The lowest BCUT2D eigenvalue weighted by molar-refractivity contribution is 0.326. The van der Waals surface area contributed by atoms with Gasteiger partial charge in [0, 0.05) is 31.2 Å². The third-order valence-corrected chi connectivity index (χ3v) is 9.81. The van der Waals surface area contributed by atoms with Crippen LogP contribution in [0.2, 0.25) is 0 Å². The largest absolute Gasteiger partial charge is 0.347 e. The van der Waals surface area contributed by atoms with Crippen molar-refractivity contribution in [3.8, 4) is 0 Å². The summed E-state index contributed by atoms with van der Waals surface area (Å²) in [7, 11) is 0. The molecule has 6 nitrogen and oxygen atoms in total. The summed E-state index contributed by atoms with van der Waals surface area (Å²) < 4.78 is 4.80. The summed E-state index contributed by atoms with van der Waals surface area (Å²) in [4.78, 5) is 11.5. The molecule has 42 heavy (non-hydrogen) atoms. The molecular weight excluding hydrogens is 536 g/mol. The van der Waals surface area contributed by atoms with Crippen LogP contribution in [0.3, 0.4) is 0 Å². The molecule has 2 fully saturated rings. The van der Waals surface area contributed by atoms with Gasteiger partial charge in [0.25, 0.3) is 0 Å². The monoisotopic (exact) mass is 578 g/mol. The van der Waals surface area contributed by atoms with Crippen molar-refractivity contribution in [3.63, 3.8) is 0 Å². The van der Waals surface area contributed by atoms with Crippen LogP contribution in [0, 0.1) is 0 Å². The second-order valence-electron chi connectivity index (χ2n) is 11.9. The minimum Gasteiger partial charge on any atom is -0.347 e. The zero-order valence-corrected chi connectivity index (χ0v) is 25.4. The van der Waals surface area contributed by atoms with Gasteiger partial charge in [-0.05, 0) is 136 Å². The van der Waals surface area contributed by atoms with Crippen molar-refractivity contribution in [2.45, 2.75) is 51.6 Å². The Kier molecular flexibility index (Phi) is 8.40. The molecule has 0 unspecified atom stereocenters. The van der Waals surface area contributed by atoms with Gasteiger partial charge < -0.3 is 24.3 Å². The van der Waals surface area contributed by atoms with Crippen molar-refractivity contribution in [3.05, 3.63) is 83.3 Å². The van der Waals surface area contributed by atoms with Gasteiger partial charge in [0.15, 0.2) is 0 Å². The number of hydrogen-bond donors (Lipinski definition) is 1. The zero-order valence-electron chi connectivity index (χ0n) is 24.5. The van der Waals surface area contributed by atoms with Gasteiger partial charge in [-0.25, -0.2) is 4.99 Å². The maximum absolute atomic E-state index is 5.18. The number of amidine groups is 1. The molecule has 5 aromatic rings. The second kappa shape index (κ2) is 12.9. The maximum atomic E-state index is 5.18. The standard InChI is InChI=1S/C35H42N6S/c1-2-16-38(15-1)19-6-21-40-23-13-28-9-11-30(26-32(28)40)36-35(34-8-5-25-42-34)37-31-12-10-29-14-24-41(33(29)27-31)22-7-20-39-17-3-4-18-39/h5,8-14,23-27H,1-4,6-7,15-22H2,(H,36,37). The van der Waals surface area contributed by atoms with Crippen LogP contribution < -0.4 is 5.32 Å². The van der Waals surface area contributed by atoms with Crippen LogP contribution in [0.4, 0.5) is 11.4 Å². The molecule has 5 heterocycles. The number of anilines is 1. The van der Waals surface area contributed by atoms with Crippen LogP contribution in [0.1, 0.15) is 43.4 Å². The maximum Gasteiger partial charge on any atom is 0.148 e. The Balaban J connectivity index is 1.10. The molecule has 7 rings (SSSR count). The van der Waals surface area contributed by atoms with E-state index in [9.17, 15) is 0 Å². The van der Waals surface area contributed by atoms with Crippen LogP contribution in [0.15, 0.2) is 83.4 Å². The number of fused-ring (bicyclic) bond motifs is 2. The number of benzene rings is 2. The Bertz CT molecular complexity index is 1630. The van der Waals surface area contributed by atoms with Gasteiger partial charge in [-0.15, -0.1) is 11.3 Å². The summed E-state index contributed by atoms with van der Waals surface area (Å²) in [5, 5.41) is 8.37. The van der Waals surface area contributed by atoms with Gasteiger partial charge in [0.1, 0.15) is 5.84 Å². The first kappa shape index (κ1) is 27.4. The van der Waals surface area contributed by atoms with Gasteiger partial charge in [-0.3, -0.25) is 0 Å². The fraction of sp³-hybridized carbons (Fsp3) is 0.400. The molecule has 0 spiro atoms. The molecule has 1 N–H and O–H groups in total. The van der Waals surface area contributed by atoms with Gasteiger partial charge in [-0.1, -0.05) is 18.2 Å². The van der Waals surface area contributed by atoms with Gasteiger partial charge in [0.05, 0.1) is 21.6 Å². The summed E-state index contributed by atoms with van der Waals surface area (Å²) in [5.74, 6) is 0.892. The Morgan fingerprint density at radius 3 is 1.93 bits per heavy atom. The minimum atomic E-state index is 0.892. The highest BCUT2D eigenvalue weighted by molar-refractivity contribution is 7.12. The predicted molar refractivity (Wildman–Crippen MR) is 179 cm³/mol. The van der Waals surface area contributed by atoms with Crippen LogP contribution in [0.5, 0.6) is 0 Å². The molecule has 0 radical (unpaired) electrons. The Morgan fingerprint density at radius 2 is 1.31 bits per heavy atom. The van der Waals surface area contributed by atoms with E-state index in [0.29, 0.717) is 0 Å². The number of rotatable bonds is 11. The van der Waals surface area contributed by atoms with Crippen molar-refractivity contribution in [1.29, 1.82) is 0 Å².